The van der Waals surface area contributed by atoms with E-state index < -0.39 is 5.41 Å². The molecule has 0 spiro atoms. The molecule has 0 aromatic carbocycles. The van der Waals surface area contributed by atoms with E-state index in [-0.39, 0.29) is 0 Å². The SMILES string of the molecule is CCCCC(CC)CC(=O)C1(COC)C=CC=C1C. The summed E-state index contributed by atoms with van der Waals surface area (Å²) in [7, 11) is 1.67. The molecule has 0 saturated carbocycles. The van der Waals surface area contributed by atoms with Gasteiger partial charge in [-0.05, 0) is 12.8 Å². The standard InChI is InChI=1S/C17H28O2/c1-5-7-10-15(6-2)12-16(18)17(13-19-4)11-8-9-14(17)3/h8-9,11,15H,5-7,10,12-13H2,1-4H3. The highest BCUT2D eigenvalue weighted by molar-refractivity contribution is 5.91. The lowest BCUT2D eigenvalue weighted by Gasteiger charge is -2.29. The van der Waals surface area contributed by atoms with E-state index in [1.807, 2.05) is 25.2 Å². The Morgan fingerprint density at radius 1 is 1.42 bits per heavy atom. The highest BCUT2D eigenvalue weighted by atomic mass is 16.5. The van der Waals surface area contributed by atoms with Gasteiger partial charge in [0.05, 0.1) is 12.0 Å². The van der Waals surface area contributed by atoms with E-state index in [0.717, 1.165) is 18.4 Å². The number of carbonyl (C=O) groups excluding carboxylic acids is 1. The Bertz CT molecular complexity index is 354. The molecule has 0 amide bonds. The maximum Gasteiger partial charge on any atom is 0.149 e. The zero-order valence-corrected chi connectivity index (χ0v) is 12.9. The number of rotatable bonds is 9. The highest BCUT2D eigenvalue weighted by Crippen LogP contribution is 2.37. The molecule has 0 saturated heterocycles. The number of ketones is 1. The van der Waals surface area contributed by atoms with Gasteiger partial charge in [0.2, 0.25) is 0 Å². The molecule has 0 bridgehead atoms. The topological polar surface area (TPSA) is 26.3 Å². The molecular formula is C17H28O2. The van der Waals surface area contributed by atoms with Crippen LogP contribution in [-0.4, -0.2) is 19.5 Å². The summed E-state index contributed by atoms with van der Waals surface area (Å²) >= 11 is 0. The second-order valence-electron chi connectivity index (χ2n) is 5.66. The van der Waals surface area contributed by atoms with E-state index in [1.165, 1.54) is 12.8 Å². The Kier molecular flexibility index (Phi) is 6.50. The summed E-state index contributed by atoms with van der Waals surface area (Å²) in [5.74, 6) is 0.836. The van der Waals surface area contributed by atoms with Gasteiger partial charge in [0.25, 0.3) is 0 Å². The van der Waals surface area contributed by atoms with Gasteiger partial charge in [-0.25, -0.2) is 0 Å². The number of Topliss-reactive ketones (excluding diaryl/α,β-unsaturated/α-hetero) is 1. The highest BCUT2D eigenvalue weighted by Gasteiger charge is 2.39. The van der Waals surface area contributed by atoms with E-state index in [4.69, 9.17) is 4.74 Å². The summed E-state index contributed by atoms with van der Waals surface area (Å²) in [6, 6.07) is 0. The minimum absolute atomic E-state index is 0.319. The molecular weight excluding hydrogens is 236 g/mol. The Morgan fingerprint density at radius 3 is 2.63 bits per heavy atom. The van der Waals surface area contributed by atoms with Crippen LogP contribution in [0, 0.1) is 11.3 Å². The first-order valence-electron chi connectivity index (χ1n) is 7.49. The Morgan fingerprint density at radius 2 is 2.16 bits per heavy atom. The second kappa shape index (κ2) is 7.64. The average Bonchev–Trinajstić information content (AvgIpc) is 2.77. The summed E-state index contributed by atoms with van der Waals surface area (Å²) < 4.78 is 5.30. The van der Waals surface area contributed by atoms with E-state index >= 15 is 0 Å². The Labute approximate surface area is 117 Å². The fraction of sp³-hybridized carbons (Fsp3) is 0.706. The molecule has 108 valence electrons. The average molecular weight is 264 g/mol. The van der Waals surface area contributed by atoms with Gasteiger partial charge in [-0.15, -0.1) is 0 Å². The summed E-state index contributed by atoms with van der Waals surface area (Å²) in [5, 5.41) is 0. The Hall–Kier alpha value is -0.890. The van der Waals surface area contributed by atoms with Crippen LogP contribution in [0.25, 0.3) is 0 Å². The fourth-order valence-corrected chi connectivity index (χ4v) is 2.81. The lowest BCUT2D eigenvalue weighted by Crippen LogP contribution is -2.35. The molecule has 0 aliphatic heterocycles. The van der Waals surface area contributed by atoms with Crippen molar-refractivity contribution in [2.24, 2.45) is 11.3 Å². The second-order valence-corrected chi connectivity index (χ2v) is 5.66. The summed E-state index contributed by atoms with van der Waals surface area (Å²) in [6.45, 7) is 6.89. The van der Waals surface area contributed by atoms with Crippen molar-refractivity contribution < 1.29 is 9.53 Å². The first-order chi connectivity index (χ1) is 9.10. The molecule has 0 N–H and O–H groups in total. The van der Waals surface area contributed by atoms with E-state index in [9.17, 15) is 4.79 Å². The number of allylic oxidation sites excluding steroid dienone is 2. The molecule has 1 rings (SSSR count). The number of unbranched alkanes of at least 4 members (excludes halogenated alkanes) is 1. The molecule has 0 fully saturated rings. The van der Waals surface area contributed by atoms with Crippen LogP contribution < -0.4 is 0 Å². The van der Waals surface area contributed by atoms with Crippen molar-refractivity contribution in [3.63, 3.8) is 0 Å². The van der Waals surface area contributed by atoms with Crippen LogP contribution in [-0.2, 0) is 9.53 Å². The van der Waals surface area contributed by atoms with Crippen molar-refractivity contribution in [3.05, 3.63) is 23.8 Å². The van der Waals surface area contributed by atoms with Crippen LogP contribution in [0.2, 0.25) is 0 Å². The van der Waals surface area contributed by atoms with Crippen molar-refractivity contribution in [3.8, 4) is 0 Å². The third-order valence-electron chi connectivity index (χ3n) is 4.32. The first kappa shape index (κ1) is 16.2. The zero-order valence-electron chi connectivity index (χ0n) is 12.9. The molecule has 0 radical (unpaired) electrons. The predicted molar refractivity (Wildman–Crippen MR) is 80.1 cm³/mol. The molecule has 2 nitrogen and oxygen atoms in total. The minimum atomic E-state index is -0.492. The minimum Gasteiger partial charge on any atom is -0.383 e. The van der Waals surface area contributed by atoms with Gasteiger partial charge >= 0.3 is 0 Å². The zero-order chi connectivity index (χ0) is 14.3. The van der Waals surface area contributed by atoms with Crippen LogP contribution >= 0.6 is 0 Å². The van der Waals surface area contributed by atoms with Crippen LogP contribution in [0.1, 0.15) is 52.9 Å². The molecule has 1 aliphatic rings. The van der Waals surface area contributed by atoms with Crippen molar-refractivity contribution in [1.29, 1.82) is 0 Å². The van der Waals surface area contributed by atoms with Crippen LogP contribution in [0.15, 0.2) is 23.8 Å². The van der Waals surface area contributed by atoms with Crippen molar-refractivity contribution in [1.82, 2.24) is 0 Å². The smallest absolute Gasteiger partial charge is 0.149 e. The molecule has 2 heteroatoms. The molecule has 2 unspecified atom stereocenters. The maximum atomic E-state index is 12.7. The number of methoxy groups -OCH3 is 1. The normalized spacial score (nSPS) is 23.5. The van der Waals surface area contributed by atoms with Gasteiger partial charge < -0.3 is 4.74 Å². The van der Waals surface area contributed by atoms with Crippen molar-refractivity contribution in [2.75, 3.05) is 13.7 Å². The number of hydrogen-bond donors (Lipinski definition) is 0. The summed E-state index contributed by atoms with van der Waals surface area (Å²) in [6.07, 6.45) is 11.4. The summed E-state index contributed by atoms with van der Waals surface area (Å²) in [5.41, 5.74) is 0.624. The molecule has 1 aliphatic carbocycles. The fourth-order valence-electron chi connectivity index (χ4n) is 2.81. The Balaban J connectivity index is 2.73. The maximum absolute atomic E-state index is 12.7. The number of carbonyl (C=O) groups is 1. The van der Waals surface area contributed by atoms with Crippen LogP contribution in [0.4, 0.5) is 0 Å². The van der Waals surface area contributed by atoms with Crippen LogP contribution in [0.5, 0.6) is 0 Å². The lowest BCUT2D eigenvalue weighted by atomic mass is 9.76. The van der Waals surface area contributed by atoms with Crippen molar-refractivity contribution >= 4 is 5.78 Å². The van der Waals surface area contributed by atoms with Crippen molar-refractivity contribution in [2.45, 2.75) is 52.9 Å². The molecule has 0 heterocycles. The van der Waals surface area contributed by atoms with E-state index in [1.54, 1.807) is 7.11 Å². The number of ether oxygens (including phenoxy) is 1. The first-order valence-corrected chi connectivity index (χ1v) is 7.49. The van der Waals surface area contributed by atoms with E-state index in [0.29, 0.717) is 24.7 Å². The van der Waals surface area contributed by atoms with Crippen LogP contribution in [0.3, 0.4) is 0 Å². The molecule has 0 aromatic heterocycles. The number of hydrogen-bond acceptors (Lipinski definition) is 2. The van der Waals surface area contributed by atoms with Gasteiger partial charge in [0.1, 0.15) is 5.78 Å². The van der Waals surface area contributed by atoms with Gasteiger partial charge in [-0.2, -0.15) is 0 Å². The quantitative estimate of drug-likeness (QED) is 0.620. The third-order valence-corrected chi connectivity index (χ3v) is 4.32. The van der Waals surface area contributed by atoms with Gasteiger partial charge in [-0.1, -0.05) is 63.3 Å². The monoisotopic (exact) mass is 264 g/mol. The predicted octanol–water partition coefficient (Wildman–Crippen LogP) is 4.31. The summed E-state index contributed by atoms with van der Waals surface area (Å²) in [4.78, 5) is 12.7. The third kappa shape index (κ3) is 3.79. The van der Waals surface area contributed by atoms with E-state index in [2.05, 4.69) is 13.8 Å². The van der Waals surface area contributed by atoms with Gasteiger partial charge in [0.15, 0.2) is 0 Å². The van der Waals surface area contributed by atoms with Gasteiger partial charge in [0, 0.05) is 13.5 Å². The van der Waals surface area contributed by atoms with Gasteiger partial charge in [-0.3, -0.25) is 4.79 Å². The lowest BCUT2D eigenvalue weighted by molar-refractivity contribution is -0.127. The molecule has 0 aromatic rings. The molecule has 2 atom stereocenters. The molecule has 19 heavy (non-hydrogen) atoms. The largest absolute Gasteiger partial charge is 0.383 e.